The van der Waals surface area contributed by atoms with Crippen LogP contribution in [0.25, 0.3) is 149 Å². The standard InChI is InChI=1S/C124H116BN3O2/c1-118(2,3)83-52-57-103-97(68-83)98-69-84(119(4,5)6)53-58-104(98)126(103)90-54-55-101-106(74-90)128(116-95(76-39-27-23-28-40-76)70-88(123(16,17)18)71-96(116)77-41-29-24-30-42-77)108-66-82(81-62-86(121(10,11)12)67-87(63-81)122(13,14)15)65-107-115(108)125(101)102-64-78(80-59-79(75-37-25-22-26-38-75)60-85(61-80)120(7,8)9)51-56-105(102)127(107)117-99(91-45-35-49-111-113(91)93-43-31-33-47-109(93)129-111)72-89(124(19,20)21)73-100(117)92-46-36-50-112-114(92)94-44-32-34-48-110(94)130-112/h22-74H,1-21H3/i31D,33D,43D,47D. The molecule has 0 radical (unpaired) electrons. The summed E-state index contributed by atoms with van der Waals surface area (Å²) in [6.45, 7) is 48.4. The molecule has 6 heteroatoms. The number of rotatable bonds is 10. The number of para-hydroxylation sites is 2. The zero-order valence-electron chi connectivity index (χ0n) is 83.0. The Bertz CT molecular complexity index is 7910. The van der Waals surface area contributed by atoms with Crippen molar-refractivity contribution in [2.75, 3.05) is 9.80 Å². The highest BCUT2D eigenvalue weighted by Crippen LogP contribution is 2.58. The number of anilines is 6. The van der Waals surface area contributed by atoms with Crippen molar-refractivity contribution in [3.8, 4) is 83.6 Å². The van der Waals surface area contributed by atoms with E-state index in [-0.39, 0.29) is 62.2 Å². The highest BCUT2D eigenvalue weighted by atomic mass is 16.3. The van der Waals surface area contributed by atoms with Crippen molar-refractivity contribution in [3.63, 3.8) is 0 Å². The number of hydrogen-bond donors (Lipinski definition) is 0. The Kier molecular flexibility index (Phi) is 18.2. The van der Waals surface area contributed by atoms with Gasteiger partial charge < -0.3 is 23.2 Å². The van der Waals surface area contributed by atoms with Crippen LogP contribution in [0.5, 0.6) is 0 Å². The molecule has 0 saturated carbocycles. The summed E-state index contributed by atoms with van der Waals surface area (Å²) < 4.78 is 55.1. The van der Waals surface area contributed by atoms with Crippen molar-refractivity contribution in [1.82, 2.24) is 4.57 Å². The first-order valence-electron chi connectivity index (χ1n) is 48.4. The molecule has 0 amide bonds. The zero-order chi connectivity index (χ0) is 94.0. The second-order valence-corrected chi connectivity index (χ2v) is 43.9. The molecule has 642 valence electrons. The van der Waals surface area contributed by atoms with Crippen LogP contribution in [0.4, 0.5) is 34.1 Å². The van der Waals surface area contributed by atoms with Crippen molar-refractivity contribution in [3.05, 3.63) is 360 Å². The van der Waals surface area contributed by atoms with Crippen LogP contribution in [0.2, 0.25) is 0 Å². The molecule has 5 heterocycles. The molecule has 0 atom stereocenters. The van der Waals surface area contributed by atoms with Crippen molar-refractivity contribution in [2.24, 2.45) is 0 Å². The normalized spacial score (nSPS) is 13.8. The maximum atomic E-state index is 10.1. The van der Waals surface area contributed by atoms with Crippen molar-refractivity contribution >= 4 is 123 Å². The molecular weight excluding hydrogens is 1570 g/mol. The fourth-order valence-corrected chi connectivity index (χ4v) is 20.3. The maximum absolute atomic E-state index is 10.1. The lowest BCUT2D eigenvalue weighted by Crippen LogP contribution is -2.61. The van der Waals surface area contributed by atoms with Crippen molar-refractivity contribution < 1.29 is 14.3 Å². The quantitative estimate of drug-likeness (QED) is 0.128. The molecule has 16 aromatic carbocycles. The molecule has 3 aromatic heterocycles. The second kappa shape index (κ2) is 30.1. The van der Waals surface area contributed by atoms with Gasteiger partial charge in [0.1, 0.15) is 22.3 Å². The van der Waals surface area contributed by atoms with Gasteiger partial charge in [-0.25, -0.2) is 0 Å². The smallest absolute Gasteiger partial charge is 0.252 e. The van der Waals surface area contributed by atoms with E-state index >= 15 is 0 Å². The number of aromatic nitrogens is 1. The third kappa shape index (κ3) is 14.2. The Hall–Kier alpha value is -13.4. The highest BCUT2D eigenvalue weighted by Gasteiger charge is 2.47. The number of nitrogens with zero attached hydrogens (tertiary/aromatic N) is 3. The van der Waals surface area contributed by atoms with Gasteiger partial charge in [-0.2, -0.15) is 0 Å². The van der Waals surface area contributed by atoms with Crippen LogP contribution in [0.3, 0.4) is 0 Å². The fraction of sp³-hybridized carbons (Fsp3) is 0.226. The van der Waals surface area contributed by atoms with E-state index in [1.165, 1.54) is 44.2 Å². The lowest BCUT2D eigenvalue weighted by molar-refractivity contribution is 0.569. The van der Waals surface area contributed by atoms with Crippen LogP contribution in [0.1, 0.15) is 190 Å². The largest absolute Gasteiger partial charge is 0.456 e. The van der Waals surface area contributed by atoms with E-state index in [9.17, 15) is 5.48 Å². The number of benzene rings is 16. The van der Waals surface area contributed by atoms with Crippen LogP contribution in [-0.4, -0.2) is 11.3 Å². The van der Waals surface area contributed by atoms with Gasteiger partial charge in [0.25, 0.3) is 6.71 Å². The van der Waals surface area contributed by atoms with Gasteiger partial charge in [-0.3, -0.25) is 0 Å². The fourth-order valence-electron chi connectivity index (χ4n) is 20.3. The summed E-state index contributed by atoms with van der Waals surface area (Å²) in [5.74, 6) is 0. The molecular formula is C124H116BN3O2. The van der Waals surface area contributed by atoms with Crippen LogP contribution in [0.15, 0.2) is 330 Å². The number of furan rings is 2. The van der Waals surface area contributed by atoms with Crippen LogP contribution in [0, 0.1) is 0 Å². The summed E-state index contributed by atoms with van der Waals surface area (Å²) in [7, 11) is 0. The van der Waals surface area contributed by atoms with Gasteiger partial charge >= 0.3 is 0 Å². The molecule has 130 heavy (non-hydrogen) atoms. The molecule has 0 unspecified atom stereocenters. The molecule has 19 aromatic rings. The molecule has 0 aliphatic carbocycles. The van der Waals surface area contributed by atoms with Crippen LogP contribution in [-0.2, 0) is 37.9 Å². The average Bonchev–Trinajstić information content (AvgIpc) is 0.775. The third-order valence-corrected chi connectivity index (χ3v) is 27.7. The Balaban J connectivity index is 1.01. The number of hydrogen-bond acceptors (Lipinski definition) is 4. The van der Waals surface area contributed by atoms with E-state index in [4.69, 9.17) is 8.83 Å². The Morgan fingerprint density at radius 2 is 0.662 bits per heavy atom. The van der Waals surface area contributed by atoms with Gasteiger partial charge in [-0.05, 0) is 258 Å². The van der Waals surface area contributed by atoms with E-state index in [0.29, 0.717) is 16.4 Å². The van der Waals surface area contributed by atoms with Gasteiger partial charge in [0.15, 0.2) is 0 Å². The monoisotopic (exact) mass is 1690 g/mol. The molecule has 5 nitrogen and oxygen atoms in total. The van der Waals surface area contributed by atoms with Crippen molar-refractivity contribution in [2.45, 2.75) is 183 Å². The second-order valence-electron chi connectivity index (χ2n) is 43.9. The lowest BCUT2D eigenvalue weighted by Gasteiger charge is -2.46. The molecule has 0 saturated heterocycles. The molecule has 0 bridgehead atoms. The first-order chi connectivity index (χ1) is 63.5. The first-order valence-corrected chi connectivity index (χ1v) is 46.4. The predicted octanol–water partition coefficient (Wildman–Crippen LogP) is 33.4. The van der Waals surface area contributed by atoms with E-state index in [2.05, 4.69) is 445 Å². The van der Waals surface area contributed by atoms with E-state index in [1.807, 2.05) is 12.1 Å². The Labute approximate surface area is 773 Å². The molecule has 21 rings (SSSR count). The third-order valence-electron chi connectivity index (χ3n) is 27.7. The summed E-state index contributed by atoms with van der Waals surface area (Å²) in [5, 5.41) is 5.28. The maximum Gasteiger partial charge on any atom is 0.252 e. The summed E-state index contributed by atoms with van der Waals surface area (Å²) in [6, 6.07) is 112. The van der Waals surface area contributed by atoms with E-state index in [0.717, 1.165) is 173 Å². The van der Waals surface area contributed by atoms with Gasteiger partial charge in [-0.15, -0.1) is 0 Å². The minimum atomic E-state index is -0.492. The molecule has 0 spiro atoms. The molecule has 0 N–H and O–H groups in total. The summed E-state index contributed by atoms with van der Waals surface area (Å²) in [4.78, 5) is 5.36. The molecule has 0 fully saturated rings. The van der Waals surface area contributed by atoms with Crippen molar-refractivity contribution in [1.29, 1.82) is 0 Å². The van der Waals surface area contributed by atoms with Gasteiger partial charge in [-0.1, -0.05) is 358 Å². The first kappa shape index (κ1) is 78.8. The summed E-state index contributed by atoms with van der Waals surface area (Å²) in [5.41, 5.74) is 35.5. The van der Waals surface area contributed by atoms with Crippen LogP contribution >= 0.6 is 0 Å². The van der Waals surface area contributed by atoms with E-state index < -0.39 is 12.1 Å². The Morgan fingerprint density at radius 3 is 1.18 bits per heavy atom. The topological polar surface area (TPSA) is 37.7 Å². The summed E-state index contributed by atoms with van der Waals surface area (Å²) in [6.07, 6.45) is 0. The van der Waals surface area contributed by atoms with Gasteiger partial charge in [0.2, 0.25) is 0 Å². The average molecular weight is 1700 g/mol. The molecule has 2 aliphatic heterocycles. The highest BCUT2D eigenvalue weighted by molar-refractivity contribution is 7.00. The summed E-state index contributed by atoms with van der Waals surface area (Å²) >= 11 is 0. The van der Waals surface area contributed by atoms with E-state index in [1.54, 1.807) is 0 Å². The van der Waals surface area contributed by atoms with Gasteiger partial charge in [0, 0.05) is 83.0 Å². The zero-order valence-corrected chi connectivity index (χ0v) is 79.0. The SMILES string of the molecule is [2H]c1c([2H])c([2H])c2c(oc3cccc(-c4cc(C(C)(C)C)cc(-c5cccc6oc7ccccc7c56)c4N4c5ccc(-c6cc(-c7ccccc7)cc(C(C)(C)C)c6)cc5B5c6ccc(-n7c8ccc(C(C)(C)C)cc8c8cc(C(C)(C)C)ccc87)cc6N(c6c(-c7ccccc7)cc(C(C)(C)C)cc6-c6ccccc6)c6cc(-c7cc(C(C)(C)C)cc(C(C)(C)C)c7)cc4c65)c32)c1[2H]. The lowest BCUT2D eigenvalue weighted by atomic mass is 9.33. The molecule has 2 aliphatic rings. The predicted molar refractivity (Wildman–Crippen MR) is 558 cm³/mol. The Morgan fingerprint density at radius 1 is 0.246 bits per heavy atom. The minimum absolute atomic E-state index is 0.102. The van der Waals surface area contributed by atoms with Crippen LogP contribution < -0.4 is 26.2 Å². The number of fused-ring (bicyclic) bond motifs is 13. The van der Waals surface area contributed by atoms with Gasteiger partial charge in [0.05, 0.1) is 27.9 Å². The minimum Gasteiger partial charge on any atom is -0.456 e.